The Morgan fingerprint density at radius 3 is 2.50 bits per heavy atom. The van der Waals surface area contributed by atoms with Crippen molar-refractivity contribution in [2.75, 3.05) is 11.5 Å². The molecule has 0 aliphatic carbocycles. The fraction of sp³-hybridized carbons (Fsp3) is 0.700. The molecule has 0 saturated heterocycles. The summed E-state index contributed by atoms with van der Waals surface area (Å²) in [7, 11) is 0. The Kier molecular flexibility index (Phi) is 6.17. The first-order chi connectivity index (χ1) is 5.54. The summed E-state index contributed by atoms with van der Waals surface area (Å²) < 4.78 is 0. The maximum Gasteiger partial charge on any atom is 0.130 e. The topological polar surface area (TPSA) is 17.1 Å². The van der Waals surface area contributed by atoms with E-state index in [9.17, 15) is 4.79 Å². The average molecular weight is 186 g/mol. The lowest BCUT2D eigenvalue weighted by molar-refractivity contribution is -0.116. The van der Waals surface area contributed by atoms with Crippen molar-refractivity contribution in [2.24, 2.45) is 5.92 Å². The Bertz CT molecular complexity index is 163. The van der Waals surface area contributed by atoms with Gasteiger partial charge in [-0.05, 0) is 25.5 Å². The Morgan fingerprint density at radius 1 is 1.50 bits per heavy atom. The highest BCUT2D eigenvalue weighted by molar-refractivity contribution is 7.99. The molecule has 0 amide bonds. The summed E-state index contributed by atoms with van der Waals surface area (Å²) in [6.07, 6.45) is 0.702. The molecule has 1 unspecified atom stereocenters. The zero-order chi connectivity index (χ0) is 9.56. The van der Waals surface area contributed by atoms with Crippen LogP contribution in [0.3, 0.4) is 0 Å². The van der Waals surface area contributed by atoms with Gasteiger partial charge in [-0.3, -0.25) is 4.79 Å². The molecule has 12 heavy (non-hydrogen) atoms. The van der Waals surface area contributed by atoms with Crippen LogP contribution in [0.4, 0.5) is 0 Å². The van der Waals surface area contributed by atoms with Gasteiger partial charge in [0.05, 0.1) is 0 Å². The van der Waals surface area contributed by atoms with Crippen LogP contribution in [0.1, 0.15) is 27.2 Å². The first kappa shape index (κ1) is 11.8. The standard InChI is InChI=1S/C10H18OS/c1-8(2)9(3)7-12-6-5-10(4)11/h9H,1,5-7H2,2-4H3. The second-order valence-corrected chi connectivity index (χ2v) is 4.42. The van der Waals surface area contributed by atoms with Crippen molar-refractivity contribution in [3.8, 4) is 0 Å². The number of carbonyl (C=O) groups is 1. The van der Waals surface area contributed by atoms with Crippen molar-refractivity contribution in [3.05, 3.63) is 12.2 Å². The van der Waals surface area contributed by atoms with Gasteiger partial charge in [0, 0.05) is 12.2 Å². The number of allylic oxidation sites excluding steroid dienone is 1. The molecule has 70 valence electrons. The largest absolute Gasteiger partial charge is 0.300 e. The Labute approximate surface area is 79.6 Å². The van der Waals surface area contributed by atoms with E-state index in [4.69, 9.17) is 0 Å². The van der Waals surface area contributed by atoms with Gasteiger partial charge in [0.2, 0.25) is 0 Å². The lowest BCUT2D eigenvalue weighted by Crippen LogP contribution is -2.00. The number of Topliss-reactive ketones (excluding diaryl/α,β-unsaturated/α-hetero) is 1. The van der Waals surface area contributed by atoms with Gasteiger partial charge in [0.1, 0.15) is 5.78 Å². The van der Waals surface area contributed by atoms with Gasteiger partial charge in [0.15, 0.2) is 0 Å². The van der Waals surface area contributed by atoms with Gasteiger partial charge < -0.3 is 0 Å². The second kappa shape index (κ2) is 6.30. The molecular formula is C10H18OS. The molecule has 0 aromatic carbocycles. The molecule has 0 bridgehead atoms. The monoisotopic (exact) mass is 186 g/mol. The van der Waals surface area contributed by atoms with E-state index in [1.807, 2.05) is 11.8 Å². The van der Waals surface area contributed by atoms with Gasteiger partial charge in [-0.25, -0.2) is 0 Å². The SMILES string of the molecule is C=C(C)C(C)CSCCC(C)=O. The predicted octanol–water partition coefficient (Wildman–Crippen LogP) is 2.91. The molecule has 0 aliphatic heterocycles. The molecular weight excluding hydrogens is 168 g/mol. The van der Waals surface area contributed by atoms with E-state index in [0.29, 0.717) is 12.3 Å². The van der Waals surface area contributed by atoms with Crippen LogP contribution in [0.2, 0.25) is 0 Å². The maximum absolute atomic E-state index is 10.6. The third-order valence-electron chi connectivity index (χ3n) is 1.81. The minimum Gasteiger partial charge on any atom is -0.300 e. The van der Waals surface area contributed by atoms with Gasteiger partial charge in [-0.1, -0.05) is 19.1 Å². The molecule has 0 rings (SSSR count). The minimum atomic E-state index is 0.283. The Balaban J connectivity index is 3.31. The van der Waals surface area contributed by atoms with Crippen molar-refractivity contribution in [1.82, 2.24) is 0 Å². The molecule has 0 radical (unpaired) electrons. The maximum atomic E-state index is 10.6. The molecule has 1 atom stereocenters. The van der Waals surface area contributed by atoms with Gasteiger partial charge in [0.25, 0.3) is 0 Å². The molecule has 0 spiro atoms. The van der Waals surface area contributed by atoms with Crippen LogP contribution < -0.4 is 0 Å². The van der Waals surface area contributed by atoms with Crippen LogP contribution in [0, 0.1) is 5.92 Å². The molecule has 0 aromatic heterocycles. The number of carbonyl (C=O) groups excluding carboxylic acids is 1. The molecule has 2 heteroatoms. The lowest BCUT2D eigenvalue weighted by Gasteiger charge is -2.09. The van der Waals surface area contributed by atoms with Crippen LogP contribution in [0.25, 0.3) is 0 Å². The van der Waals surface area contributed by atoms with Crippen molar-refractivity contribution in [1.29, 1.82) is 0 Å². The highest BCUT2D eigenvalue weighted by Crippen LogP contribution is 2.15. The van der Waals surface area contributed by atoms with Crippen molar-refractivity contribution in [3.63, 3.8) is 0 Å². The van der Waals surface area contributed by atoms with Crippen molar-refractivity contribution >= 4 is 17.5 Å². The summed E-state index contributed by atoms with van der Waals surface area (Å²) in [5.74, 6) is 2.89. The number of ketones is 1. The summed E-state index contributed by atoms with van der Waals surface area (Å²) in [4.78, 5) is 10.6. The van der Waals surface area contributed by atoms with E-state index in [1.165, 1.54) is 5.57 Å². The Morgan fingerprint density at radius 2 is 2.08 bits per heavy atom. The van der Waals surface area contributed by atoms with E-state index in [1.54, 1.807) is 6.92 Å². The van der Waals surface area contributed by atoms with Crippen molar-refractivity contribution < 1.29 is 4.79 Å². The van der Waals surface area contributed by atoms with Gasteiger partial charge in [-0.15, -0.1) is 0 Å². The number of thioether (sulfide) groups is 1. The van der Waals surface area contributed by atoms with Crippen LogP contribution in [0.15, 0.2) is 12.2 Å². The fourth-order valence-corrected chi connectivity index (χ4v) is 1.85. The number of rotatable bonds is 6. The summed E-state index contributed by atoms with van der Waals surface area (Å²) in [5, 5.41) is 0. The molecule has 0 aliphatic rings. The first-order valence-corrected chi connectivity index (χ1v) is 5.42. The molecule has 0 saturated carbocycles. The van der Waals surface area contributed by atoms with E-state index < -0.39 is 0 Å². The van der Waals surface area contributed by atoms with Crippen LogP contribution in [-0.2, 0) is 4.79 Å². The minimum absolute atomic E-state index is 0.283. The highest BCUT2D eigenvalue weighted by Gasteiger charge is 2.02. The zero-order valence-electron chi connectivity index (χ0n) is 8.22. The number of hydrogen-bond acceptors (Lipinski definition) is 2. The molecule has 0 N–H and O–H groups in total. The second-order valence-electron chi connectivity index (χ2n) is 3.27. The smallest absolute Gasteiger partial charge is 0.130 e. The summed E-state index contributed by atoms with van der Waals surface area (Å²) in [6.45, 7) is 9.75. The van der Waals surface area contributed by atoms with Crippen LogP contribution >= 0.6 is 11.8 Å². The quantitative estimate of drug-likeness (QED) is 0.468. The van der Waals surface area contributed by atoms with E-state index in [-0.39, 0.29) is 5.78 Å². The number of hydrogen-bond donors (Lipinski definition) is 0. The van der Waals surface area contributed by atoms with E-state index >= 15 is 0 Å². The fourth-order valence-electron chi connectivity index (χ4n) is 0.618. The first-order valence-electron chi connectivity index (χ1n) is 4.26. The van der Waals surface area contributed by atoms with Gasteiger partial charge >= 0.3 is 0 Å². The predicted molar refractivity (Wildman–Crippen MR) is 56.6 cm³/mol. The molecule has 0 heterocycles. The van der Waals surface area contributed by atoms with E-state index in [0.717, 1.165) is 11.5 Å². The normalized spacial score (nSPS) is 12.6. The third-order valence-corrected chi connectivity index (χ3v) is 3.04. The third kappa shape index (κ3) is 6.47. The lowest BCUT2D eigenvalue weighted by atomic mass is 10.1. The molecule has 0 fully saturated rings. The Hall–Kier alpha value is -0.240. The van der Waals surface area contributed by atoms with Gasteiger partial charge in [-0.2, -0.15) is 11.8 Å². The average Bonchev–Trinajstić information content (AvgIpc) is 1.97. The van der Waals surface area contributed by atoms with Crippen LogP contribution in [-0.4, -0.2) is 17.3 Å². The van der Waals surface area contributed by atoms with Crippen molar-refractivity contribution in [2.45, 2.75) is 27.2 Å². The zero-order valence-corrected chi connectivity index (χ0v) is 9.04. The summed E-state index contributed by atoms with van der Waals surface area (Å²) in [6, 6.07) is 0. The summed E-state index contributed by atoms with van der Waals surface area (Å²) >= 11 is 1.84. The van der Waals surface area contributed by atoms with Crippen LogP contribution in [0.5, 0.6) is 0 Å². The molecule has 1 nitrogen and oxygen atoms in total. The summed E-state index contributed by atoms with van der Waals surface area (Å²) in [5.41, 5.74) is 1.23. The highest BCUT2D eigenvalue weighted by atomic mass is 32.2. The molecule has 0 aromatic rings. The van der Waals surface area contributed by atoms with E-state index in [2.05, 4.69) is 20.4 Å².